The second-order valence-corrected chi connectivity index (χ2v) is 8.17. The molecule has 0 fully saturated rings. The quantitative estimate of drug-likeness (QED) is 0.717. The Morgan fingerprint density at radius 3 is 2.42 bits per heavy atom. The molecule has 0 radical (unpaired) electrons. The Bertz CT molecular complexity index is 1040. The molecule has 3 aromatic rings. The fraction of sp³-hybridized carbons (Fsp3) is 0.211. The van der Waals surface area contributed by atoms with Gasteiger partial charge in [-0.15, -0.1) is 0 Å². The molecule has 1 aliphatic rings. The highest BCUT2D eigenvalue weighted by atomic mass is 32.2. The van der Waals surface area contributed by atoms with Crippen molar-refractivity contribution in [1.82, 2.24) is 4.98 Å². The summed E-state index contributed by atoms with van der Waals surface area (Å²) in [5.41, 5.74) is 3.97. The number of benzene rings is 2. The Morgan fingerprint density at radius 2 is 1.67 bits per heavy atom. The fourth-order valence-corrected chi connectivity index (χ4v) is 4.56. The van der Waals surface area contributed by atoms with E-state index in [2.05, 4.69) is 11.1 Å². The van der Waals surface area contributed by atoms with Crippen LogP contribution in [0.2, 0.25) is 0 Å². The Balaban J connectivity index is 1.84. The van der Waals surface area contributed by atoms with Gasteiger partial charge in [-0.2, -0.15) is 0 Å². The minimum Gasteiger partial charge on any atom is -0.249 e. The molecular formula is C19H18N2O2S. The minimum atomic E-state index is -3.58. The molecule has 0 N–H and O–H groups in total. The summed E-state index contributed by atoms with van der Waals surface area (Å²) in [6, 6.07) is 15.1. The summed E-state index contributed by atoms with van der Waals surface area (Å²) in [5.74, 6) is 0.564. The van der Waals surface area contributed by atoms with Crippen LogP contribution in [0.4, 0.5) is 5.82 Å². The van der Waals surface area contributed by atoms with E-state index >= 15 is 0 Å². The summed E-state index contributed by atoms with van der Waals surface area (Å²) in [5, 5.41) is 1.05. The third kappa shape index (κ3) is 2.36. The normalized spacial score (nSPS) is 14.2. The van der Waals surface area contributed by atoms with E-state index in [4.69, 9.17) is 0 Å². The van der Waals surface area contributed by atoms with E-state index in [-0.39, 0.29) is 0 Å². The van der Waals surface area contributed by atoms with Gasteiger partial charge in [0.15, 0.2) is 0 Å². The highest BCUT2D eigenvalue weighted by Gasteiger charge is 2.32. The van der Waals surface area contributed by atoms with Crippen LogP contribution < -0.4 is 4.31 Å². The first kappa shape index (κ1) is 15.1. The predicted molar refractivity (Wildman–Crippen MR) is 95.9 cm³/mol. The van der Waals surface area contributed by atoms with Gasteiger partial charge in [0.2, 0.25) is 0 Å². The Kier molecular flexibility index (Phi) is 3.35. The monoisotopic (exact) mass is 338 g/mol. The highest BCUT2D eigenvalue weighted by molar-refractivity contribution is 7.92. The number of nitrogens with zero attached hydrogens (tertiary/aromatic N) is 2. The number of fused-ring (bicyclic) bond motifs is 2. The number of aryl methyl sites for hydroxylation is 2. The summed E-state index contributed by atoms with van der Waals surface area (Å²) in [4.78, 5) is 4.97. The Hall–Kier alpha value is -2.40. The van der Waals surface area contributed by atoms with E-state index in [0.717, 1.165) is 27.6 Å². The van der Waals surface area contributed by atoms with Crippen molar-refractivity contribution < 1.29 is 8.42 Å². The van der Waals surface area contributed by atoms with Gasteiger partial charge in [0.25, 0.3) is 10.0 Å². The van der Waals surface area contributed by atoms with Gasteiger partial charge in [0.05, 0.1) is 10.4 Å². The van der Waals surface area contributed by atoms with E-state index in [0.29, 0.717) is 23.7 Å². The predicted octanol–water partition coefficient (Wildman–Crippen LogP) is 3.60. The van der Waals surface area contributed by atoms with Gasteiger partial charge in [-0.05, 0) is 55.7 Å². The molecule has 5 heteroatoms. The molecule has 0 bridgehead atoms. The minimum absolute atomic E-state index is 0.312. The Morgan fingerprint density at radius 1 is 0.958 bits per heavy atom. The third-order valence-electron chi connectivity index (χ3n) is 4.46. The summed E-state index contributed by atoms with van der Waals surface area (Å²) in [6.45, 7) is 4.39. The first-order valence-corrected chi connectivity index (χ1v) is 9.39. The van der Waals surface area contributed by atoms with Crippen LogP contribution >= 0.6 is 0 Å². The molecule has 4 nitrogen and oxygen atoms in total. The molecule has 24 heavy (non-hydrogen) atoms. The van der Waals surface area contributed by atoms with Crippen LogP contribution in [-0.4, -0.2) is 19.9 Å². The number of hydrogen-bond donors (Lipinski definition) is 0. The molecule has 4 rings (SSSR count). The lowest BCUT2D eigenvalue weighted by atomic mass is 10.1. The van der Waals surface area contributed by atoms with Crippen molar-refractivity contribution in [3.8, 4) is 0 Å². The maximum Gasteiger partial charge on any atom is 0.265 e. The zero-order valence-electron chi connectivity index (χ0n) is 13.7. The zero-order valence-corrected chi connectivity index (χ0v) is 14.5. The lowest BCUT2D eigenvalue weighted by molar-refractivity contribution is 0.592. The largest absolute Gasteiger partial charge is 0.265 e. The molecule has 0 spiro atoms. The number of hydrogen-bond acceptors (Lipinski definition) is 3. The average molecular weight is 338 g/mol. The molecule has 0 amide bonds. The molecule has 1 aliphatic heterocycles. The first-order valence-electron chi connectivity index (χ1n) is 7.95. The number of sulfonamides is 1. The topological polar surface area (TPSA) is 50.3 Å². The van der Waals surface area contributed by atoms with Crippen LogP contribution in [0.25, 0.3) is 10.9 Å². The van der Waals surface area contributed by atoms with Crippen molar-refractivity contribution in [2.75, 3.05) is 10.8 Å². The number of aromatic nitrogens is 1. The van der Waals surface area contributed by atoms with Crippen LogP contribution in [0, 0.1) is 13.8 Å². The van der Waals surface area contributed by atoms with Crippen molar-refractivity contribution in [2.45, 2.75) is 25.2 Å². The van der Waals surface area contributed by atoms with Gasteiger partial charge < -0.3 is 0 Å². The fourth-order valence-electron chi connectivity index (χ4n) is 3.11. The van der Waals surface area contributed by atoms with Crippen molar-refractivity contribution in [3.05, 3.63) is 65.2 Å². The lowest BCUT2D eigenvalue weighted by Gasteiger charge is -2.19. The number of pyridine rings is 1. The smallest absolute Gasteiger partial charge is 0.249 e. The molecule has 0 aliphatic carbocycles. The average Bonchev–Trinajstić information content (AvgIpc) is 2.96. The van der Waals surface area contributed by atoms with Gasteiger partial charge >= 0.3 is 0 Å². The molecule has 0 unspecified atom stereocenters. The van der Waals surface area contributed by atoms with Crippen molar-refractivity contribution in [1.29, 1.82) is 0 Å². The van der Waals surface area contributed by atoms with Crippen molar-refractivity contribution in [3.63, 3.8) is 0 Å². The van der Waals surface area contributed by atoms with E-state index < -0.39 is 10.0 Å². The standard InChI is InChI=1S/C19H18N2O2S/c1-13-4-7-17(8-5-13)24(22,23)21-10-9-16-12-15-6-3-14(2)11-18(15)20-19(16)21/h3-8,11-12H,9-10H2,1-2H3. The van der Waals surface area contributed by atoms with E-state index in [9.17, 15) is 8.42 Å². The van der Waals surface area contributed by atoms with Gasteiger partial charge in [-0.25, -0.2) is 17.7 Å². The lowest BCUT2D eigenvalue weighted by Crippen LogP contribution is -2.29. The molecule has 122 valence electrons. The third-order valence-corrected chi connectivity index (χ3v) is 6.26. The van der Waals surface area contributed by atoms with Gasteiger partial charge in [0, 0.05) is 11.9 Å². The van der Waals surface area contributed by atoms with Crippen molar-refractivity contribution >= 4 is 26.7 Å². The molecule has 2 aromatic carbocycles. The van der Waals surface area contributed by atoms with Crippen LogP contribution in [0.3, 0.4) is 0 Å². The summed E-state index contributed by atoms with van der Waals surface area (Å²) in [7, 11) is -3.58. The number of rotatable bonds is 2. The summed E-state index contributed by atoms with van der Waals surface area (Å²) >= 11 is 0. The van der Waals surface area contributed by atoms with Crippen LogP contribution in [0.1, 0.15) is 16.7 Å². The SMILES string of the molecule is Cc1ccc(S(=O)(=O)N2CCc3cc4ccc(C)cc4nc32)cc1. The van der Waals surface area contributed by atoms with Crippen LogP contribution in [0.5, 0.6) is 0 Å². The Labute approximate surface area is 141 Å². The van der Waals surface area contributed by atoms with Crippen LogP contribution in [-0.2, 0) is 16.4 Å². The first-order chi connectivity index (χ1) is 11.4. The van der Waals surface area contributed by atoms with E-state index in [1.165, 1.54) is 4.31 Å². The molecule has 2 heterocycles. The highest BCUT2D eigenvalue weighted by Crippen LogP contribution is 2.33. The maximum absolute atomic E-state index is 13.0. The molecule has 1 aromatic heterocycles. The molecule has 0 saturated carbocycles. The van der Waals surface area contributed by atoms with Gasteiger partial charge in [0.1, 0.15) is 5.82 Å². The summed E-state index contributed by atoms with van der Waals surface area (Å²) in [6.07, 6.45) is 0.692. The maximum atomic E-state index is 13.0. The van der Waals surface area contributed by atoms with Gasteiger partial charge in [-0.3, -0.25) is 0 Å². The zero-order chi connectivity index (χ0) is 16.9. The molecular weight excluding hydrogens is 320 g/mol. The molecule has 0 atom stereocenters. The summed E-state index contributed by atoms with van der Waals surface area (Å²) < 4.78 is 27.4. The second-order valence-electron chi connectivity index (χ2n) is 6.31. The number of anilines is 1. The van der Waals surface area contributed by atoms with Crippen molar-refractivity contribution in [2.24, 2.45) is 0 Å². The van der Waals surface area contributed by atoms with E-state index in [1.54, 1.807) is 12.1 Å². The van der Waals surface area contributed by atoms with Crippen LogP contribution in [0.15, 0.2) is 53.4 Å². The van der Waals surface area contributed by atoms with E-state index in [1.807, 2.05) is 44.2 Å². The molecule has 0 saturated heterocycles. The second kappa shape index (κ2) is 5.31. The van der Waals surface area contributed by atoms with Gasteiger partial charge in [-0.1, -0.05) is 29.8 Å².